The highest BCUT2D eigenvalue weighted by Gasteiger charge is 2.32. The van der Waals surface area contributed by atoms with Gasteiger partial charge in [-0.15, -0.1) is 0 Å². The summed E-state index contributed by atoms with van der Waals surface area (Å²) in [6.45, 7) is 7.47. The van der Waals surface area contributed by atoms with Crippen LogP contribution in [0.5, 0.6) is 0 Å². The van der Waals surface area contributed by atoms with Crippen molar-refractivity contribution in [3.63, 3.8) is 0 Å². The second-order valence-corrected chi connectivity index (χ2v) is 8.07. The van der Waals surface area contributed by atoms with Crippen molar-refractivity contribution in [2.45, 2.75) is 45.6 Å². The van der Waals surface area contributed by atoms with Crippen LogP contribution >= 0.6 is 0 Å². The minimum atomic E-state index is -0.0624. The summed E-state index contributed by atoms with van der Waals surface area (Å²) in [7, 11) is 0. The number of hydrogen-bond donors (Lipinski definition) is 0. The average molecular weight is 384 g/mol. The smallest absolute Gasteiger partial charge is 0.275 e. The Balaban J connectivity index is 1.36. The number of amides is 1. The zero-order valence-electron chi connectivity index (χ0n) is 16.6. The van der Waals surface area contributed by atoms with Gasteiger partial charge in [-0.25, -0.2) is 4.68 Å². The van der Waals surface area contributed by atoms with Gasteiger partial charge >= 0.3 is 0 Å². The van der Waals surface area contributed by atoms with Gasteiger partial charge in [-0.1, -0.05) is 18.2 Å². The van der Waals surface area contributed by atoms with Crippen LogP contribution in [0.1, 0.15) is 26.7 Å². The first-order valence-electron chi connectivity index (χ1n) is 10.1. The molecule has 0 saturated carbocycles. The van der Waals surface area contributed by atoms with E-state index in [-0.39, 0.29) is 29.6 Å². The van der Waals surface area contributed by atoms with E-state index in [1.54, 1.807) is 6.20 Å². The highest BCUT2D eigenvalue weighted by Crippen LogP contribution is 2.22. The molecule has 2 fully saturated rings. The number of piperidine rings is 1. The lowest BCUT2D eigenvalue weighted by atomic mass is 9.95. The van der Waals surface area contributed by atoms with Crippen LogP contribution in [0.15, 0.2) is 35.3 Å². The van der Waals surface area contributed by atoms with Crippen molar-refractivity contribution < 1.29 is 9.53 Å². The number of ether oxygens (including phenoxy) is 1. The highest BCUT2D eigenvalue weighted by atomic mass is 16.5. The van der Waals surface area contributed by atoms with Crippen molar-refractivity contribution in [1.29, 1.82) is 0 Å². The third kappa shape index (κ3) is 3.95. The minimum Gasteiger partial charge on any atom is -0.372 e. The van der Waals surface area contributed by atoms with Crippen molar-refractivity contribution in [2.75, 3.05) is 26.2 Å². The molecular weight excluding hydrogens is 356 g/mol. The maximum atomic E-state index is 12.9. The van der Waals surface area contributed by atoms with Gasteiger partial charge in [0.2, 0.25) is 5.91 Å². The van der Waals surface area contributed by atoms with Gasteiger partial charge in [0.25, 0.3) is 5.56 Å². The summed E-state index contributed by atoms with van der Waals surface area (Å²) in [6.07, 6.45) is 3.58. The molecule has 0 aliphatic carbocycles. The second-order valence-electron chi connectivity index (χ2n) is 8.07. The molecule has 7 nitrogen and oxygen atoms in total. The molecule has 0 bridgehead atoms. The average Bonchev–Trinajstić information content (AvgIpc) is 2.69. The third-order valence-corrected chi connectivity index (χ3v) is 5.76. The summed E-state index contributed by atoms with van der Waals surface area (Å²) in [5, 5.41) is 5.87. The Morgan fingerprint density at radius 1 is 1.14 bits per heavy atom. The molecule has 2 aromatic rings. The van der Waals surface area contributed by atoms with E-state index in [0.29, 0.717) is 25.1 Å². The Kier molecular flexibility index (Phi) is 5.46. The summed E-state index contributed by atoms with van der Waals surface area (Å²) in [6, 6.07) is 7.52. The molecule has 3 heterocycles. The fourth-order valence-electron chi connectivity index (χ4n) is 4.36. The lowest BCUT2D eigenvalue weighted by Gasteiger charge is -2.39. The Hall–Kier alpha value is -2.25. The Bertz CT molecular complexity index is 894. The van der Waals surface area contributed by atoms with Crippen LogP contribution < -0.4 is 5.56 Å². The molecule has 4 rings (SSSR count). The van der Waals surface area contributed by atoms with Crippen LogP contribution in [-0.4, -0.2) is 63.9 Å². The zero-order chi connectivity index (χ0) is 19.7. The van der Waals surface area contributed by atoms with E-state index in [2.05, 4.69) is 10.00 Å². The van der Waals surface area contributed by atoms with E-state index >= 15 is 0 Å². The van der Waals surface area contributed by atoms with Gasteiger partial charge in [0.15, 0.2) is 0 Å². The molecule has 28 heavy (non-hydrogen) atoms. The Morgan fingerprint density at radius 2 is 1.82 bits per heavy atom. The molecule has 2 aliphatic rings. The van der Waals surface area contributed by atoms with Gasteiger partial charge in [0.1, 0.15) is 0 Å². The number of rotatable bonds is 3. The number of nitrogens with zero attached hydrogens (tertiary/aromatic N) is 4. The molecule has 2 aliphatic heterocycles. The summed E-state index contributed by atoms with van der Waals surface area (Å²) < 4.78 is 7.26. The number of carbonyl (C=O) groups is 1. The normalized spacial score (nSPS) is 24.6. The summed E-state index contributed by atoms with van der Waals surface area (Å²) in [4.78, 5) is 29.7. The molecule has 7 heteroatoms. The molecule has 1 aromatic heterocycles. The van der Waals surface area contributed by atoms with Crippen LogP contribution in [0.25, 0.3) is 10.8 Å². The van der Waals surface area contributed by atoms with Crippen molar-refractivity contribution in [3.05, 3.63) is 40.8 Å². The van der Waals surface area contributed by atoms with Crippen LogP contribution in [-0.2, 0) is 16.2 Å². The Morgan fingerprint density at radius 3 is 2.54 bits per heavy atom. The van der Waals surface area contributed by atoms with E-state index in [4.69, 9.17) is 4.74 Å². The molecule has 0 radical (unpaired) electrons. The minimum absolute atomic E-state index is 0.0624. The lowest BCUT2D eigenvalue weighted by molar-refractivity contribution is -0.149. The maximum Gasteiger partial charge on any atom is 0.275 e. The van der Waals surface area contributed by atoms with Crippen molar-refractivity contribution in [2.24, 2.45) is 5.92 Å². The predicted molar refractivity (Wildman–Crippen MR) is 107 cm³/mol. The quantitative estimate of drug-likeness (QED) is 0.806. The number of morpholine rings is 1. The van der Waals surface area contributed by atoms with Crippen molar-refractivity contribution in [3.8, 4) is 0 Å². The van der Waals surface area contributed by atoms with Crippen LogP contribution in [0.3, 0.4) is 0 Å². The number of hydrogen-bond acceptors (Lipinski definition) is 5. The maximum absolute atomic E-state index is 12.9. The first-order valence-corrected chi connectivity index (χ1v) is 10.1. The fraction of sp³-hybridized carbons (Fsp3) is 0.571. The summed E-state index contributed by atoms with van der Waals surface area (Å²) >= 11 is 0. The van der Waals surface area contributed by atoms with E-state index in [9.17, 15) is 9.59 Å². The van der Waals surface area contributed by atoms with Crippen molar-refractivity contribution >= 4 is 16.7 Å². The first kappa shape index (κ1) is 19.1. The molecule has 0 spiro atoms. The number of benzene rings is 1. The molecule has 0 N–H and O–H groups in total. The molecule has 1 aromatic carbocycles. The van der Waals surface area contributed by atoms with Crippen LogP contribution in [0.4, 0.5) is 0 Å². The number of likely N-dealkylation sites (tertiary alicyclic amines) is 1. The topological polar surface area (TPSA) is 67.7 Å². The molecule has 2 atom stereocenters. The molecule has 150 valence electrons. The van der Waals surface area contributed by atoms with Gasteiger partial charge in [0, 0.05) is 37.5 Å². The highest BCUT2D eigenvalue weighted by molar-refractivity contribution is 5.80. The van der Waals surface area contributed by atoms with E-state index in [0.717, 1.165) is 31.3 Å². The Labute approximate surface area is 164 Å². The van der Waals surface area contributed by atoms with Gasteiger partial charge in [0.05, 0.1) is 30.5 Å². The monoisotopic (exact) mass is 384 g/mol. The number of fused-ring (bicyclic) bond motifs is 1. The van der Waals surface area contributed by atoms with E-state index in [1.807, 2.05) is 43.0 Å². The van der Waals surface area contributed by atoms with E-state index < -0.39 is 0 Å². The van der Waals surface area contributed by atoms with Gasteiger partial charge in [-0.05, 0) is 32.8 Å². The fourth-order valence-corrected chi connectivity index (χ4v) is 4.36. The second kappa shape index (κ2) is 8.01. The molecule has 2 saturated heterocycles. The molecule has 2 unspecified atom stereocenters. The largest absolute Gasteiger partial charge is 0.372 e. The molecule has 1 amide bonds. The first-order chi connectivity index (χ1) is 13.5. The zero-order valence-corrected chi connectivity index (χ0v) is 16.6. The van der Waals surface area contributed by atoms with Crippen LogP contribution in [0, 0.1) is 5.92 Å². The van der Waals surface area contributed by atoms with Gasteiger partial charge < -0.3 is 9.64 Å². The van der Waals surface area contributed by atoms with Crippen LogP contribution in [0.2, 0.25) is 0 Å². The standard InChI is InChI=1S/C21H28N4O3/c1-15-12-24(13-16(2)28-15)20(26)17-7-9-23(10-8-17)14-25-21(27)19-6-4-3-5-18(19)11-22-25/h3-6,11,15-17H,7-10,12-14H2,1-2H3. The van der Waals surface area contributed by atoms with Gasteiger partial charge in [-0.2, -0.15) is 5.10 Å². The lowest BCUT2D eigenvalue weighted by Crippen LogP contribution is -2.51. The summed E-state index contributed by atoms with van der Waals surface area (Å²) in [5.41, 5.74) is -0.0624. The summed E-state index contributed by atoms with van der Waals surface area (Å²) in [5.74, 6) is 0.317. The number of aromatic nitrogens is 2. The van der Waals surface area contributed by atoms with Gasteiger partial charge in [-0.3, -0.25) is 14.5 Å². The third-order valence-electron chi connectivity index (χ3n) is 5.76. The molecular formula is C21H28N4O3. The number of carbonyl (C=O) groups excluding carboxylic acids is 1. The van der Waals surface area contributed by atoms with E-state index in [1.165, 1.54) is 4.68 Å². The van der Waals surface area contributed by atoms with Crippen molar-refractivity contribution in [1.82, 2.24) is 19.6 Å². The predicted octanol–water partition coefficient (Wildman–Crippen LogP) is 1.70. The SMILES string of the molecule is CC1CN(C(=O)C2CCN(Cn3ncc4ccccc4c3=O)CC2)CC(C)O1.